The molecule has 1 aromatic carbocycles. The Labute approximate surface area is 145 Å². The molecule has 6 heteroatoms. The Kier molecular flexibility index (Phi) is 4.05. The Balaban J connectivity index is 2.37. The molecule has 0 spiro atoms. The zero-order chi connectivity index (χ0) is 18.2. The second kappa shape index (κ2) is 6.06. The molecule has 0 amide bonds. The van der Waals surface area contributed by atoms with E-state index < -0.39 is 17.2 Å². The zero-order valence-corrected chi connectivity index (χ0v) is 13.7. The van der Waals surface area contributed by atoms with Gasteiger partial charge in [0.1, 0.15) is 11.9 Å². The van der Waals surface area contributed by atoms with Crippen molar-refractivity contribution in [2.45, 2.75) is 5.92 Å². The number of halogens is 1. The van der Waals surface area contributed by atoms with Crippen molar-refractivity contribution in [2.75, 3.05) is 20.1 Å². The molecule has 1 aliphatic heterocycles. The van der Waals surface area contributed by atoms with Crippen LogP contribution in [0.4, 0.5) is 4.39 Å². The van der Waals surface area contributed by atoms with Gasteiger partial charge in [0.05, 0.1) is 23.4 Å². The largest absolute Gasteiger partial charge is 0.399 e. The van der Waals surface area contributed by atoms with E-state index in [0.717, 1.165) is 0 Å². The zero-order valence-electron chi connectivity index (χ0n) is 13.7. The number of nitriles is 3. The Morgan fingerprint density at radius 2 is 1.92 bits per heavy atom. The monoisotopic (exact) mass is 333 g/mol. The quantitative estimate of drug-likeness (QED) is 0.849. The molecule has 0 bridgehead atoms. The second-order valence-corrected chi connectivity index (χ2v) is 6.42. The van der Waals surface area contributed by atoms with E-state index in [-0.39, 0.29) is 22.8 Å². The summed E-state index contributed by atoms with van der Waals surface area (Å²) in [6.45, 7) is 1.13. The van der Waals surface area contributed by atoms with Gasteiger partial charge in [0.2, 0.25) is 0 Å². The third kappa shape index (κ3) is 2.30. The van der Waals surface area contributed by atoms with Crippen LogP contribution in [0.1, 0.15) is 11.5 Å². The average molecular weight is 333 g/mol. The fraction of sp³-hybridized carbons (Fsp3) is 0.316. The highest BCUT2D eigenvalue weighted by molar-refractivity contribution is 5.59. The molecule has 0 aromatic heterocycles. The van der Waals surface area contributed by atoms with E-state index in [1.54, 1.807) is 18.2 Å². The third-order valence-corrected chi connectivity index (χ3v) is 5.09. The van der Waals surface area contributed by atoms with Crippen molar-refractivity contribution < 1.29 is 4.39 Å². The first-order valence-electron chi connectivity index (χ1n) is 7.86. The van der Waals surface area contributed by atoms with Gasteiger partial charge in [-0.05, 0) is 24.3 Å². The first kappa shape index (κ1) is 16.7. The molecule has 0 radical (unpaired) electrons. The van der Waals surface area contributed by atoms with Gasteiger partial charge in [-0.1, -0.05) is 24.3 Å². The van der Waals surface area contributed by atoms with Crippen molar-refractivity contribution >= 4 is 0 Å². The molecule has 5 nitrogen and oxygen atoms in total. The predicted octanol–water partition coefficient (Wildman–Crippen LogP) is 2.18. The van der Waals surface area contributed by atoms with Crippen molar-refractivity contribution in [3.63, 3.8) is 0 Å². The molecule has 3 rings (SSSR count). The normalized spacial score (nSPS) is 25.2. The molecule has 2 aliphatic rings. The fourth-order valence-corrected chi connectivity index (χ4v) is 3.90. The lowest BCUT2D eigenvalue weighted by Crippen LogP contribution is -2.47. The number of fused-ring (bicyclic) bond motifs is 1. The molecule has 2 N–H and O–H groups in total. The number of nitrogens with two attached hydrogens (primary N) is 1. The molecule has 1 heterocycles. The second-order valence-electron chi connectivity index (χ2n) is 6.42. The maximum Gasteiger partial charge on any atom is 0.191 e. The van der Waals surface area contributed by atoms with Crippen molar-refractivity contribution in [3.8, 4) is 18.2 Å². The van der Waals surface area contributed by atoms with Gasteiger partial charge in [-0.3, -0.25) is 0 Å². The van der Waals surface area contributed by atoms with E-state index in [1.165, 1.54) is 6.07 Å². The van der Waals surface area contributed by atoms with Crippen LogP contribution in [-0.4, -0.2) is 25.0 Å². The predicted molar refractivity (Wildman–Crippen MR) is 88.7 cm³/mol. The highest BCUT2D eigenvalue weighted by Gasteiger charge is 2.54. The first-order chi connectivity index (χ1) is 12.0. The Morgan fingerprint density at radius 1 is 1.24 bits per heavy atom. The van der Waals surface area contributed by atoms with Gasteiger partial charge >= 0.3 is 0 Å². The minimum absolute atomic E-state index is 0.0830. The lowest BCUT2D eigenvalue weighted by atomic mass is 9.58. The van der Waals surface area contributed by atoms with E-state index in [0.29, 0.717) is 18.7 Å². The summed E-state index contributed by atoms with van der Waals surface area (Å²) in [7, 11) is 1.90. The third-order valence-electron chi connectivity index (χ3n) is 5.09. The summed E-state index contributed by atoms with van der Waals surface area (Å²) in [4.78, 5) is 2.01. The van der Waals surface area contributed by atoms with Gasteiger partial charge in [-0.25, -0.2) is 4.39 Å². The van der Waals surface area contributed by atoms with Crippen LogP contribution in [0.25, 0.3) is 0 Å². The topological polar surface area (TPSA) is 101 Å². The summed E-state index contributed by atoms with van der Waals surface area (Å²) in [5.74, 6) is -1.63. The van der Waals surface area contributed by atoms with Gasteiger partial charge in [-0.15, -0.1) is 0 Å². The standard InChI is InChI=1S/C19H16FN5/c1-25-7-6-12-14(8-21)18(24)19(10-22,11-23)17(15(12)9-25)13-4-2-3-5-16(13)20/h2-6,15,17H,7,9,24H2,1H3/t15-,17-/m0/s1. The summed E-state index contributed by atoms with van der Waals surface area (Å²) < 4.78 is 14.6. The van der Waals surface area contributed by atoms with Crippen LogP contribution in [0.3, 0.4) is 0 Å². The van der Waals surface area contributed by atoms with Crippen LogP contribution >= 0.6 is 0 Å². The summed E-state index contributed by atoms with van der Waals surface area (Å²) in [6.07, 6.45) is 1.88. The van der Waals surface area contributed by atoms with Crippen LogP contribution in [0.15, 0.2) is 47.2 Å². The molecule has 1 aliphatic carbocycles. The number of benzene rings is 1. The Bertz CT molecular complexity index is 895. The number of rotatable bonds is 1. The van der Waals surface area contributed by atoms with Crippen LogP contribution in [0, 0.1) is 51.1 Å². The van der Waals surface area contributed by atoms with E-state index in [9.17, 15) is 20.2 Å². The SMILES string of the molecule is CN1CC=C2C(C#N)=C(N)C(C#N)(C#N)[C@@H](c3ccccc3F)[C@H]2C1. The molecule has 2 atom stereocenters. The maximum atomic E-state index is 14.6. The summed E-state index contributed by atoms with van der Waals surface area (Å²) in [5, 5.41) is 29.3. The van der Waals surface area contributed by atoms with E-state index in [4.69, 9.17) is 5.73 Å². The minimum Gasteiger partial charge on any atom is -0.399 e. The van der Waals surface area contributed by atoms with Gasteiger partial charge in [-0.2, -0.15) is 15.8 Å². The molecule has 0 saturated carbocycles. The van der Waals surface area contributed by atoms with Gasteiger partial charge in [0.15, 0.2) is 5.41 Å². The molecular formula is C19H16FN5. The lowest BCUT2D eigenvalue weighted by molar-refractivity contribution is 0.234. The molecule has 0 fully saturated rings. The Hall–Kier alpha value is -3.14. The van der Waals surface area contributed by atoms with Crippen LogP contribution in [0.5, 0.6) is 0 Å². The van der Waals surface area contributed by atoms with Crippen LogP contribution < -0.4 is 5.73 Å². The summed E-state index contributed by atoms with van der Waals surface area (Å²) >= 11 is 0. The molecule has 124 valence electrons. The maximum absolute atomic E-state index is 14.6. The molecule has 0 unspecified atom stereocenters. The number of nitrogens with zero attached hydrogens (tertiary/aromatic N) is 4. The molecule has 0 saturated heterocycles. The summed E-state index contributed by atoms with van der Waals surface area (Å²) in [5.41, 5.74) is 5.43. The van der Waals surface area contributed by atoms with Gasteiger partial charge in [0.25, 0.3) is 0 Å². The van der Waals surface area contributed by atoms with Crippen molar-refractivity contribution in [2.24, 2.45) is 17.1 Å². The minimum atomic E-state index is -1.78. The number of hydrogen-bond donors (Lipinski definition) is 1. The first-order valence-corrected chi connectivity index (χ1v) is 7.86. The Morgan fingerprint density at radius 3 is 2.52 bits per heavy atom. The molecule has 25 heavy (non-hydrogen) atoms. The number of allylic oxidation sites excluding steroid dienone is 2. The highest BCUT2D eigenvalue weighted by atomic mass is 19.1. The van der Waals surface area contributed by atoms with Gasteiger partial charge < -0.3 is 10.6 Å². The smallest absolute Gasteiger partial charge is 0.191 e. The van der Waals surface area contributed by atoms with Crippen molar-refractivity contribution in [3.05, 3.63) is 58.6 Å². The lowest BCUT2D eigenvalue weighted by Gasteiger charge is -2.45. The molecular weight excluding hydrogens is 317 g/mol. The highest BCUT2D eigenvalue weighted by Crippen LogP contribution is 2.54. The molecule has 1 aromatic rings. The van der Waals surface area contributed by atoms with E-state index >= 15 is 0 Å². The van der Waals surface area contributed by atoms with Crippen molar-refractivity contribution in [1.82, 2.24) is 4.90 Å². The summed E-state index contributed by atoms with van der Waals surface area (Å²) in [6, 6.07) is 12.2. The van der Waals surface area contributed by atoms with Crippen molar-refractivity contribution in [1.29, 1.82) is 15.8 Å². The van der Waals surface area contributed by atoms with E-state index in [1.807, 2.05) is 36.2 Å². The van der Waals surface area contributed by atoms with E-state index in [2.05, 4.69) is 0 Å². The van der Waals surface area contributed by atoms with Crippen LogP contribution in [0.2, 0.25) is 0 Å². The number of likely N-dealkylation sites (N-methyl/N-ethyl adjacent to an activating group) is 1. The van der Waals surface area contributed by atoms with Crippen LogP contribution in [-0.2, 0) is 0 Å². The fourth-order valence-electron chi connectivity index (χ4n) is 3.90. The average Bonchev–Trinajstić information content (AvgIpc) is 2.62. The number of hydrogen-bond acceptors (Lipinski definition) is 5. The van der Waals surface area contributed by atoms with Gasteiger partial charge in [0, 0.05) is 24.9 Å².